The third-order valence-corrected chi connectivity index (χ3v) is 4.50. The van der Waals surface area contributed by atoms with Crippen molar-refractivity contribution in [2.75, 3.05) is 0 Å². The van der Waals surface area contributed by atoms with Crippen molar-refractivity contribution in [3.8, 4) is 0 Å². The Morgan fingerprint density at radius 1 is 1.19 bits per heavy atom. The third-order valence-electron chi connectivity index (χ3n) is 4.26. The standard InChI is InChI=1S/C17H18ClFN2/c18-14-7-8-15(16(19)10-14)17(21-20)13-6-2-5-12(9-13)11-3-1-4-11/h2,5-11,17,21H,1,3-4,20H2. The van der Waals surface area contributed by atoms with Gasteiger partial charge in [0, 0.05) is 10.6 Å². The molecule has 0 radical (unpaired) electrons. The Bertz CT molecular complexity index is 640. The lowest BCUT2D eigenvalue weighted by Crippen LogP contribution is -2.29. The Balaban J connectivity index is 1.95. The molecule has 3 rings (SSSR count). The summed E-state index contributed by atoms with van der Waals surface area (Å²) in [6, 6.07) is 12.6. The number of nitrogens with two attached hydrogens (primary N) is 1. The molecule has 0 aromatic heterocycles. The van der Waals surface area contributed by atoms with Crippen LogP contribution in [0.2, 0.25) is 5.02 Å². The Labute approximate surface area is 129 Å². The maximum absolute atomic E-state index is 14.1. The normalized spacial score (nSPS) is 16.5. The summed E-state index contributed by atoms with van der Waals surface area (Å²) in [5.41, 5.74) is 5.51. The second-order valence-electron chi connectivity index (χ2n) is 5.56. The minimum absolute atomic E-state index is 0.348. The number of hydrogen-bond donors (Lipinski definition) is 2. The van der Waals surface area contributed by atoms with Gasteiger partial charge in [0.2, 0.25) is 0 Å². The predicted octanol–water partition coefficient (Wildman–Crippen LogP) is 4.30. The molecule has 1 unspecified atom stereocenters. The van der Waals surface area contributed by atoms with Crippen LogP contribution in [0.1, 0.15) is 47.9 Å². The van der Waals surface area contributed by atoms with E-state index in [1.54, 1.807) is 12.1 Å². The zero-order chi connectivity index (χ0) is 14.8. The molecule has 1 aliphatic carbocycles. The van der Waals surface area contributed by atoms with Crippen LogP contribution in [0.3, 0.4) is 0 Å². The topological polar surface area (TPSA) is 38.0 Å². The molecule has 1 atom stereocenters. The van der Waals surface area contributed by atoms with Crippen LogP contribution in [0.5, 0.6) is 0 Å². The van der Waals surface area contributed by atoms with Gasteiger partial charge in [0.25, 0.3) is 0 Å². The SMILES string of the molecule is NNC(c1cccc(C2CCC2)c1)c1ccc(Cl)cc1F. The van der Waals surface area contributed by atoms with E-state index in [0.29, 0.717) is 16.5 Å². The van der Waals surface area contributed by atoms with Gasteiger partial charge in [-0.05, 0) is 42.0 Å². The summed E-state index contributed by atoms with van der Waals surface area (Å²) in [6.45, 7) is 0. The van der Waals surface area contributed by atoms with Crippen LogP contribution in [-0.4, -0.2) is 0 Å². The predicted molar refractivity (Wildman–Crippen MR) is 83.6 cm³/mol. The van der Waals surface area contributed by atoms with Crippen LogP contribution in [0.4, 0.5) is 4.39 Å². The van der Waals surface area contributed by atoms with Gasteiger partial charge in [-0.2, -0.15) is 0 Å². The molecule has 4 heteroatoms. The van der Waals surface area contributed by atoms with Crippen LogP contribution in [0.15, 0.2) is 42.5 Å². The highest BCUT2D eigenvalue weighted by Gasteiger charge is 2.22. The summed E-state index contributed by atoms with van der Waals surface area (Å²) < 4.78 is 14.1. The molecule has 1 fully saturated rings. The number of benzene rings is 2. The Hall–Kier alpha value is -1.42. The molecule has 2 aromatic carbocycles. The fourth-order valence-electron chi connectivity index (χ4n) is 2.84. The van der Waals surface area contributed by atoms with Gasteiger partial charge in [0.15, 0.2) is 0 Å². The largest absolute Gasteiger partial charge is 0.271 e. The average Bonchev–Trinajstić information content (AvgIpc) is 2.40. The summed E-state index contributed by atoms with van der Waals surface area (Å²) in [5, 5.41) is 0.384. The Morgan fingerprint density at radius 2 is 2.00 bits per heavy atom. The van der Waals surface area contributed by atoms with E-state index < -0.39 is 0 Å². The summed E-state index contributed by atoms with van der Waals surface area (Å²) >= 11 is 5.81. The molecule has 0 amide bonds. The molecule has 0 bridgehead atoms. The van der Waals surface area contributed by atoms with Crippen LogP contribution in [0, 0.1) is 5.82 Å². The second-order valence-corrected chi connectivity index (χ2v) is 6.00. The summed E-state index contributed by atoms with van der Waals surface area (Å²) in [7, 11) is 0. The van der Waals surface area contributed by atoms with Crippen molar-refractivity contribution < 1.29 is 4.39 Å². The molecule has 110 valence electrons. The van der Waals surface area contributed by atoms with Crippen LogP contribution in [-0.2, 0) is 0 Å². The van der Waals surface area contributed by atoms with E-state index in [1.165, 1.54) is 30.9 Å². The van der Waals surface area contributed by atoms with E-state index in [1.807, 2.05) is 12.1 Å². The molecule has 0 heterocycles. The van der Waals surface area contributed by atoms with Crippen molar-refractivity contribution in [2.45, 2.75) is 31.2 Å². The lowest BCUT2D eigenvalue weighted by Gasteiger charge is -2.27. The molecule has 21 heavy (non-hydrogen) atoms. The van der Waals surface area contributed by atoms with Gasteiger partial charge in [-0.1, -0.05) is 48.4 Å². The molecule has 3 N–H and O–H groups in total. The number of hydrogen-bond acceptors (Lipinski definition) is 2. The zero-order valence-electron chi connectivity index (χ0n) is 11.7. The maximum Gasteiger partial charge on any atom is 0.129 e. The smallest absolute Gasteiger partial charge is 0.129 e. The van der Waals surface area contributed by atoms with Gasteiger partial charge in [-0.15, -0.1) is 0 Å². The summed E-state index contributed by atoms with van der Waals surface area (Å²) in [4.78, 5) is 0. The van der Waals surface area contributed by atoms with E-state index >= 15 is 0 Å². The van der Waals surface area contributed by atoms with E-state index in [2.05, 4.69) is 17.6 Å². The molecule has 0 aliphatic heterocycles. The summed E-state index contributed by atoms with van der Waals surface area (Å²) in [6.07, 6.45) is 3.76. The fraction of sp³-hybridized carbons (Fsp3) is 0.294. The van der Waals surface area contributed by atoms with Gasteiger partial charge in [-0.3, -0.25) is 5.84 Å². The quantitative estimate of drug-likeness (QED) is 0.653. The highest BCUT2D eigenvalue weighted by atomic mass is 35.5. The van der Waals surface area contributed by atoms with Crippen molar-refractivity contribution in [1.29, 1.82) is 0 Å². The molecule has 2 aromatic rings. The van der Waals surface area contributed by atoms with E-state index in [9.17, 15) is 4.39 Å². The minimum atomic E-state index is -0.373. The monoisotopic (exact) mass is 304 g/mol. The number of rotatable bonds is 4. The lowest BCUT2D eigenvalue weighted by atomic mass is 9.79. The van der Waals surface area contributed by atoms with Crippen molar-refractivity contribution >= 4 is 11.6 Å². The van der Waals surface area contributed by atoms with Crippen molar-refractivity contribution in [2.24, 2.45) is 5.84 Å². The van der Waals surface area contributed by atoms with Gasteiger partial charge in [0.05, 0.1) is 6.04 Å². The molecule has 0 spiro atoms. The van der Waals surface area contributed by atoms with Crippen LogP contribution >= 0.6 is 11.6 Å². The molecule has 1 saturated carbocycles. The molecule has 2 nitrogen and oxygen atoms in total. The minimum Gasteiger partial charge on any atom is -0.271 e. The third kappa shape index (κ3) is 2.95. The van der Waals surface area contributed by atoms with Gasteiger partial charge in [0.1, 0.15) is 5.82 Å². The van der Waals surface area contributed by atoms with E-state index in [-0.39, 0.29) is 11.9 Å². The first kappa shape index (κ1) is 14.5. The summed E-state index contributed by atoms with van der Waals surface area (Å²) in [5.74, 6) is 5.96. The number of halogens is 2. The van der Waals surface area contributed by atoms with Gasteiger partial charge in [-0.25, -0.2) is 9.82 Å². The highest BCUT2D eigenvalue weighted by molar-refractivity contribution is 6.30. The van der Waals surface area contributed by atoms with Crippen LogP contribution in [0.25, 0.3) is 0 Å². The fourth-order valence-corrected chi connectivity index (χ4v) is 2.99. The van der Waals surface area contributed by atoms with Crippen molar-refractivity contribution in [3.63, 3.8) is 0 Å². The van der Waals surface area contributed by atoms with Gasteiger partial charge < -0.3 is 0 Å². The van der Waals surface area contributed by atoms with E-state index in [4.69, 9.17) is 17.4 Å². The first-order chi connectivity index (χ1) is 10.2. The van der Waals surface area contributed by atoms with E-state index in [0.717, 1.165) is 5.56 Å². The van der Waals surface area contributed by atoms with Crippen molar-refractivity contribution in [1.82, 2.24) is 5.43 Å². The maximum atomic E-state index is 14.1. The first-order valence-electron chi connectivity index (χ1n) is 7.20. The first-order valence-corrected chi connectivity index (χ1v) is 7.58. The average molecular weight is 305 g/mol. The zero-order valence-corrected chi connectivity index (χ0v) is 12.4. The van der Waals surface area contributed by atoms with Crippen LogP contribution < -0.4 is 11.3 Å². The van der Waals surface area contributed by atoms with Crippen molar-refractivity contribution in [3.05, 3.63) is 70.0 Å². The lowest BCUT2D eigenvalue weighted by molar-refractivity contribution is 0.419. The molecular weight excluding hydrogens is 287 g/mol. The van der Waals surface area contributed by atoms with Gasteiger partial charge >= 0.3 is 0 Å². The molecule has 1 aliphatic rings. The number of nitrogens with one attached hydrogen (secondary N) is 1. The second kappa shape index (κ2) is 6.14. The Kier molecular flexibility index (Phi) is 4.24. The Morgan fingerprint density at radius 3 is 2.62 bits per heavy atom. The number of hydrazine groups is 1. The molecular formula is C17H18ClFN2. The highest BCUT2D eigenvalue weighted by Crippen LogP contribution is 2.37. The molecule has 0 saturated heterocycles.